The van der Waals surface area contributed by atoms with Crippen LogP contribution in [0.2, 0.25) is 0 Å². The van der Waals surface area contributed by atoms with Crippen molar-refractivity contribution >= 4 is 33.7 Å². The third kappa shape index (κ3) is 16.0. The number of ether oxygens (including phenoxy) is 3. The molecule has 0 radical (unpaired) electrons. The van der Waals surface area contributed by atoms with Crippen molar-refractivity contribution in [2.75, 3.05) is 72.2 Å². The van der Waals surface area contributed by atoms with Crippen molar-refractivity contribution in [2.45, 2.75) is 36.6 Å². The summed E-state index contributed by atoms with van der Waals surface area (Å²) in [6.45, 7) is 2.92. The second-order valence-corrected chi connectivity index (χ2v) is 13.5. The molecule has 0 aromatic heterocycles. The number of nitrogens with one attached hydrogen (secondary N) is 3. The van der Waals surface area contributed by atoms with Gasteiger partial charge in [0.15, 0.2) is 5.03 Å². The van der Waals surface area contributed by atoms with Gasteiger partial charge in [0.2, 0.25) is 15.9 Å². The number of guanidine groups is 1. The Morgan fingerprint density at radius 2 is 1.65 bits per heavy atom. The molecule has 2 amide bonds. The fourth-order valence-corrected chi connectivity index (χ4v) is 6.29. The molecular formula is C31H42F3N9O11S. The second kappa shape index (κ2) is 21.7. The Balaban J connectivity index is 1.38. The largest absolute Gasteiger partial charge is 0.445 e. The molecule has 1 aliphatic heterocycles. The third-order valence-corrected chi connectivity index (χ3v) is 9.32. The first-order chi connectivity index (χ1) is 26.0. The smallest absolute Gasteiger partial charge is 0.416 e. The van der Waals surface area contributed by atoms with E-state index in [-0.39, 0.29) is 71.1 Å². The number of alkyl carbamates (subject to hydrolysis) is 1. The molecule has 55 heavy (non-hydrogen) atoms. The standard InChI is InChI=1S/C31H42F3N9O11S/c32-31(33,34)24-3-1-4-26(21-24)55(50,51)39-27(5-2-10-36-29(35)38-43(48)49)28(44)41-14-12-40(13-15-41)16-18-53-20-19-52-17-11-37-30(45)54-22-23-6-8-25(9-7-23)42(46)47/h1,3-4,6-9,21,27,39H,2,5,10-20,22H2,(H,37,45)(H3,35,36,38)/t27-/m0/s1. The van der Waals surface area contributed by atoms with Crippen molar-refractivity contribution in [1.29, 1.82) is 0 Å². The number of nitro groups is 2. The number of amides is 2. The Kier molecular flexibility index (Phi) is 17.4. The zero-order valence-electron chi connectivity index (χ0n) is 29.4. The molecule has 2 aromatic rings. The number of alkyl halides is 3. The molecule has 2 aromatic carbocycles. The lowest BCUT2D eigenvalue weighted by atomic mass is 10.1. The number of hydrogen-bond acceptors (Lipinski definition) is 13. The Morgan fingerprint density at radius 3 is 2.29 bits per heavy atom. The van der Waals surface area contributed by atoms with Crippen LogP contribution in [-0.4, -0.2) is 124 Å². The number of nitrogens with zero attached hydrogens (tertiary/aromatic N) is 5. The molecule has 1 fully saturated rings. The van der Waals surface area contributed by atoms with E-state index in [0.29, 0.717) is 37.9 Å². The highest BCUT2D eigenvalue weighted by atomic mass is 32.2. The van der Waals surface area contributed by atoms with E-state index < -0.39 is 60.6 Å². The van der Waals surface area contributed by atoms with Crippen molar-refractivity contribution in [2.24, 2.45) is 10.7 Å². The SMILES string of the molecule is NC(=NCCC[C@H](NS(=O)(=O)c1cccc(C(F)(F)F)c1)C(=O)N1CCN(CCOCCOCCNC(=O)OCc2ccc([N+](=O)[O-])cc2)CC1)N[N+](=O)[O-]. The van der Waals surface area contributed by atoms with E-state index >= 15 is 0 Å². The fourth-order valence-electron chi connectivity index (χ4n) is 5.02. The van der Waals surface area contributed by atoms with E-state index in [1.165, 1.54) is 29.2 Å². The molecule has 3 rings (SSSR count). The van der Waals surface area contributed by atoms with Gasteiger partial charge >= 0.3 is 12.3 Å². The number of benzene rings is 2. The van der Waals surface area contributed by atoms with Crippen LogP contribution in [0, 0.1) is 20.2 Å². The molecule has 0 bridgehead atoms. The molecule has 24 heteroatoms. The Morgan fingerprint density at radius 1 is 0.982 bits per heavy atom. The summed E-state index contributed by atoms with van der Waals surface area (Å²) in [7, 11) is -4.59. The lowest BCUT2D eigenvalue weighted by molar-refractivity contribution is -0.525. The van der Waals surface area contributed by atoms with Gasteiger partial charge in [-0.2, -0.15) is 17.9 Å². The van der Waals surface area contributed by atoms with Crippen LogP contribution in [0.1, 0.15) is 24.0 Å². The average molecular weight is 806 g/mol. The molecule has 5 N–H and O–H groups in total. The average Bonchev–Trinajstić information content (AvgIpc) is 3.14. The van der Waals surface area contributed by atoms with Crippen molar-refractivity contribution in [3.63, 3.8) is 0 Å². The predicted octanol–water partition coefficient (Wildman–Crippen LogP) is 1.24. The predicted molar refractivity (Wildman–Crippen MR) is 187 cm³/mol. The Hall–Kier alpha value is -5.17. The van der Waals surface area contributed by atoms with Gasteiger partial charge in [-0.15, -0.1) is 0 Å². The molecular weight excluding hydrogens is 763 g/mol. The van der Waals surface area contributed by atoms with Gasteiger partial charge in [0.05, 0.1) is 41.8 Å². The molecule has 0 spiro atoms. The Bertz CT molecular complexity index is 1730. The van der Waals surface area contributed by atoms with E-state index in [1.807, 2.05) is 4.90 Å². The van der Waals surface area contributed by atoms with Gasteiger partial charge < -0.3 is 30.2 Å². The highest BCUT2D eigenvalue weighted by Crippen LogP contribution is 2.30. The molecule has 0 aliphatic carbocycles. The number of nitro benzene ring substituents is 1. The van der Waals surface area contributed by atoms with Crippen LogP contribution in [0.5, 0.6) is 0 Å². The lowest BCUT2D eigenvalue weighted by Crippen LogP contribution is -2.55. The van der Waals surface area contributed by atoms with E-state index in [0.717, 1.165) is 18.2 Å². The lowest BCUT2D eigenvalue weighted by Gasteiger charge is -2.36. The van der Waals surface area contributed by atoms with Crippen molar-refractivity contribution in [1.82, 2.24) is 25.3 Å². The van der Waals surface area contributed by atoms with Gasteiger partial charge in [0, 0.05) is 57.9 Å². The van der Waals surface area contributed by atoms with Gasteiger partial charge in [-0.05, 0) is 48.7 Å². The van der Waals surface area contributed by atoms with E-state index in [2.05, 4.69) is 15.0 Å². The topological polar surface area (TPSA) is 263 Å². The van der Waals surface area contributed by atoms with Gasteiger partial charge in [0.1, 0.15) is 12.6 Å². The van der Waals surface area contributed by atoms with Crippen LogP contribution in [0.3, 0.4) is 0 Å². The molecule has 1 saturated heterocycles. The number of carbonyl (C=O) groups excluding carboxylic acids is 2. The molecule has 304 valence electrons. The number of aliphatic imine (C=N–C) groups is 1. The number of halogens is 3. The number of rotatable bonds is 21. The van der Waals surface area contributed by atoms with Gasteiger partial charge in [0.25, 0.3) is 11.6 Å². The number of carbonyl (C=O) groups is 2. The molecule has 1 heterocycles. The van der Waals surface area contributed by atoms with E-state index in [1.54, 1.807) is 5.43 Å². The monoisotopic (exact) mass is 805 g/mol. The van der Waals surface area contributed by atoms with Crippen molar-refractivity contribution in [3.05, 3.63) is 79.9 Å². The van der Waals surface area contributed by atoms with Crippen LogP contribution >= 0.6 is 0 Å². The van der Waals surface area contributed by atoms with Crippen LogP contribution in [0.15, 0.2) is 58.4 Å². The van der Waals surface area contributed by atoms with Crippen LogP contribution in [0.4, 0.5) is 23.7 Å². The highest BCUT2D eigenvalue weighted by molar-refractivity contribution is 7.89. The summed E-state index contributed by atoms with van der Waals surface area (Å²) in [5.74, 6) is -1.10. The summed E-state index contributed by atoms with van der Waals surface area (Å²) < 4.78 is 84.3. The summed E-state index contributed by atoms with van der Waals surface area (Å²) >= 11 is 0. The quantitative estimate of drug-likeness (QED) is 0.0455. The van der Waals surface area contributed by atoms with Crippen LogP contribution in [-0.2, 0) is 41.8 Å². The molecule has 1 aliphatic rings. The highest BCUT2D eigenvalue weighted by Gasteiger charge is 2.34. The zero-order valence-corrected chi connectivity index (χ0v) is 30.3. The number of hydrazine groups is 1. The fraction of sp³-hybridized carbons (Fsp3) is 0.516. The number of piperazine rings is 1. The van der Waals surface area contributed by atoms with E-state index in [4.69, 9.17) is 19.9 Å². The first-order valence-electron chi connectivity index (χ1n) is 16.8. The minimum Gasteiger partial charge on any atom is -0.445 e. The maximum absolute atomic E-state index is 13.5. The van der Waals surface area contributed by atoms with Crippen molar-refractivity contribution in [3.8, 4) is 0 Å². The third-order valence-electron chi connectivity index (χ3n) is 7.85. The van der Waals surface area contributed by atoms with Gasteiger partial charge in [-0.25, -0.2) is 28.3 Å². The maximum atomic E-state index is 13.5. The summed E-state index contributed by atoms with van der Waals surface area (Å²) in [6, 6.07) is 7.34. The Labute approximate surface area is 313 Å². The molecule has 0 unspecified atom stereocenters. The summed E-state index contributed by atoms with van der Waals surface area (Å²) in [4.78, 5) is 52.6. The van der Waals surface area contributed by atoms with Crippen LogP contribution in [0.25, 0.3) is 0 Å². The summed E-state index contributed by atoms with van der Waals surface area (Å²) in [6.07, 6.45) is -5.55. The zero-order chi connectivity index (χ0) is 40.4. The number of nitrogens with two attached hydrogens (primary N) is 1. The molecule has 0 saturated carbocycles. The minimum atomic E-state index is -4.80. The maximum Gasteiger partial charge on any atom is 0.416 e. The van der Waals surface area contributed by atoms with Crippen LogP contribution < -0.4 is 21.2 Å². The number of non-ortho nitro benzene ring substituents is 1. The first kappa shape index (κ1) is 44.2. The summed E-state index contributed by atoms with van der Waals surface area (Å²) in [5.41, 5.74) is 6.39. The number of hydrogen-bond donors (Lipinski definition) is 4. The van der Waals surface area contributed by atoms with Crippen molar-refractivity contribution < 1.29 is 55.3 Å². The normalized spacial score (nSPS) is 14.6. The van der Waals surface area contributed by atoms with E-state index in [9.17, 15) is 51.4 Å². The van der Waals surface area contributed by atoms with Gasteiger partial charge in [-0.3, -0.25) is 19.8 Å². The molecule has 1 atom stereocenters. The molecule has 20 nitrogen and oxygen atoms in total. The second-order valence-electron chi connectivity index (χ2n) is 11.8. The summed E-state index contributed by atoms with van der Waals surface area (Å²) in [5, 5.41) is 22.8. The van der Waals surface area contributed by atoms with Gasteiger partial charge in [-0.1, -0.05) is 11.5 Å². The first-order valence-corrected chi connectivity index (χ1v) is 18.2. The number of sulfonamides is 1. The minimum absolute atomic E-state index is 0.0534.